The Morgan fingerprint density at radius 1 is 1.10 bits per heavy atom. The lowest BCUT2D eigenvalue weighted by atomic mass is 9.76. The van der Waals surface area contributed by atoms with Gasteiger partial charge in [0.05, 0.1) is 12.3 Å². The summed E-state index contributed by atoms with van der Waals surface area (Å²) in [6.07, 6.45) is 3.68. The maximum Gasteiger partial charge on any atom is 0.138 e. The molecule has 0 spiro atoms. The van der Waals surface area contributed by atoms with Crippen molar-refractivity contribution < 1.29 is 4.74 Å². The minimum atomic E-state index is -0.181. The Morgan fingerprint density at radius 2 is 1.76 bits per heavy atom. The summed E-state index contributed by atoms with van der Waals surface area (Å²) in [6, 6.07) is 12.2. The van der Waals surface area contributed by atoms with Crippen LogP contribution >= 0.6 is 0 Å². The van der Waals surface area contributed by atoms with Crippen molar-refractivity contribution in [3.63, 3.8) is 0 Å². The number of pyridine rings is 1. The Balaban J connectivity index is 2.29. The van der Waals surface area contributed by atoms with Crippen LogP contribution in [0.3, 0.4) is 0 Å². The molecule has 0 aliphatic heterocycles. The number of hydrogen-bond donors (Lipinski definition) is 1. The molecule has 0 aliphatic carbocycles. The molecule has 0 saturated heterocycles. The zero-order chi connectivity index (χ0) is 15.5. The van der Waals surface area contributed by atoms with Crippen LogP contribution in [0.4, 0.5) is 0 Å². The predicted molar refractivity (Wildman–Crippen MR) is 86.4 cm³/mol. The largest absolute Gasteiger partial charge is 0.489 e. The van der Waals surface area contributed by atoms with Crippen LogP contribution < -0.4 is 10.5 Å². The summed E-state index contributed by atoms with van der Waals surface area (Å²) in [5, 5.41) is 0. The highest BCUT2D eigenvalue weighted by atomic mass is 16.5. The molecule has 1 atom stereocenters. The van der Waals surface area contributed by atoms with Gasteiger partial charge in [-0.05, 0) is 31.0 Å². The van der Waals surface area contributed by atoms with E-state index in [0.717, 1.165) is 11.3 Å². The van der Waals surface area contributed by atoms with Crippen LogP contribution in [0.1, 0.15) is 44.9 Å². The summed E-state index contributed by atoms with van der Waals surface area (Å²) in [5.41, 5.74) is 8.53. The lowest BCUT2D eigenvalue weighted by Crippen LogP contribution is -2.33. The first-order valence-electron chi connectivity index (χ1n) is 7.34. The molecular formula is C18H24N2O. The van der Waals surface area contributed by atoms with Crippen molar-refractivity contribution in [3.8, 4) is 5.75 Å². The van der Waals surface area contributed by atoms with E-state index < -0.39 is 0 Å². The van der Waals surface area contributed by atoms with Crippen LogP contribution in [0, 0.1) is 0 Å². The van der Waals surface area contributed by atoms with Gasteiger partial charge in [0.15, 0.2) is 0 Å². The maximum absolute atomic E-state index is 6.51. The van der Waals surface area contributed by atoms with Crippen molar-refractivity contribution >= 4 is 0 Å². The van der Waals surface area contributed by atoms with E-state index in [-0.39, 0.29) is 17.6 Å². The third-order valence-electron chi connectivity index (χ3n) is 3.76. The van der Waals surface area contributed by atoms with Gasteiger partial charge in [-0.1, -0.05) is 44.2 Å². The van der Waals surface area contributed by atoms with Gasteiger partial charge in [-0.25, -0.2) is 0 Å². The molecule has 2 rings (SSSR count). The van der Waals surface area contributed by atoms with Gasteiger partial charge >= 0.3 is 0 Å². The number of benzene rings is 1. The second-order valence-corrected chi connectivity index (χ2v) is 6.19. The second-order valence-electron chi connectivity index (χ2n) is 6.19. The summed E-state index contributed by atoms with van der Waals surface area (Å²) in [5.74, 6) is 0.766. The SMILES string of the molecule is CC(C)Oc1cncc(C(N)C(C)(C)c2ccccc2)c1. The number of aromatic nitrogens is 1. The molecule has 0 fully saturated rings. The molecule has 0 amide bonds. The summed E-state index contributed by atoms with van der Waals surface area (Å²) < 4.78 is 5.71. The first-order chi connectivity index (χ1) is 9.91. The highest BCUT2D eigenvalue weighted by Crippen LogP contribution is 2.35. The summed E-state index contributed by atoms with van der Waals surface area (Å²) in [4.78, 5) is 4.26. The normalized spacial score (nSPS) is 13.2. The third kappa shape index (κ3) is 3.61. The van der Waals surface area contributed by atoms with Crippen LogP contribution in [-0.4, -0.2) is 11.1 Å². The van der Waals surface area contributed by atoms with E-state index in [0.29, 0.717) is 0 Å². The number of rotatable bonds is 5. The molecule has 0 radical (unpaired) electrons. The maximum atomic E-state index is 6.51. The molecule has 2 N–H and O–H groups in total. The molecule has 2 aromatic rings. The van der Waals surface area contributed by atoms with Crippen LogP contribution in [0.5, 0.6) is 5.75 Å². The Labute approximate surface area is 127 Å². The minimum Gasteiger partial charge on any atom is -0.489 e. The van der Waals surface area contributed by atoms with Gasteiger partial charge in [-0.2, -0.15) is 0 Å². The highest BCUT2D eigenvalue weighted by molar-refractivity contribution is 5.33. The monoisotopic (exact) mass is 284 g/mol. The topological polar surface area (TPSA) is 48.1 Å². The van der Waals surface area contributed by atoms with Gasteiger partial charge in [-0.15, -0.1) is 0 Å². The van der Waals surface area contributed by atoms with Crippen molar-refractivity contribution in [3.05, 3.63) is 59.9 Å². The first kappa shape index (κ1) is 15.5. The van der Waals surface area contributed by atoms with Crippen LogP contribution in [-0.2, 0) is 5.41 Å². The zero-order valence-corrected chi connectivity index (χ0v) is 13.2. The molecule has 112 valence electrons. The van der Waals surface area contributed by atoms with Crippen molar-refractivity contribution in [2.45, 2.75) is 45.3 Å². The van der Waals surface area contributed by atoms with Crippen LogP contribution in [0.25, 0.3) is 0 Å². The summed E-state index contributed by atoms with van der Waals surface area (Å²) in [7, 11) is 0. The van der Waals surface area contributed by atoms with Gasteiger partial charge < -0.3 is 10.5 Å². The molecule has 0 saturated carbocycles. The fourth-order valence-electron chi connectivity index (χ4n) is 2.41. The molecule has 21 heavy (non-hydrogen) atoms. The van der Waals surface area contributed by atoms with Gasteiger partial charge in [0.2, 0.25) is 0 Å². The predicted octanol–water partition coefficient (Wildman–Crippen LogP) is 3.85. The van der Waals surface area contributed by atoms with Gasteiger partial charge in [0.25, 0.3) is 0 Å². The Hall–Kier alpha value is -1.87. The van der Waals surface area contributed by atoms with E-state index in [9.17, 15) is 0 Å². The van der Waals surface area contributed by atoms with E-state index in [1.54, 1.807) is 6.20 Å². The average molecular weight is 284 g/mol. The van der Waals surface area contributed by atoms with E-state index in [4.69, 9.17) is 10.5 Å². The van der Waals surface area contributed by atoms with Crippen LogP contribution in [0.15, 0.2) is 48.8 Å². The average Bonchev–Trinajstić information content (AvgIpc) is 2.47. The summed E-state index contributed by atoms with van der Waals surface area (Å²) in [6.45, 7) is 8.31. The highest BCUT2D eigenvalue weighted by Gasteiger charge is 2.30. The molecule has 0 aliphatic rings. The number of nitrogens with two attached hydrogens (primary N) is 1. The molecule has 3 heteroatoms. The number of ether oxygens (including phenoxy) is 1. The minimum absolute atomic E-state index is 0.125. The van der Waals surface area contributed by atoms with E-state index in [1.165, 1.54) is 5.56 Å². The van der Waals surface area contributed by atoms with Crippen LogP contribution in [0.2, 0.25) is 0 Å². The van der Waals surface area contributed by atoms with Crippen molar-refractivity contribution in [2.75, 3.05) is 0 Å². The lowest BCUT2D eigenvalue weighted by molar-refractivity contribution is 0.241. The first-order valence-corrected chi connectivity index (χ1v) is 7.34. The standard InChI is InChI=1S/C18H24N2O/c1-13(2)21-16-10-14(11-20-12-16)17(19)18(3,4)15-8-6-5-7-9-15/h5-13,17H,19H2,1-4H3. The lowest BCUT2D eigenvalue weighted by Gasteiger charge is -2.32. The smallest absolute Gasteiger partial charge is 0.138 e. The van der Waals surface area contributed by atoms with Gasteiger partial charge in [-0.3, -0.25) is 4.98 Å². The van der Waals surface area contributed by atoms with Gasteiger partial charge in [0.1, 0.15) is 5.75 Å². The Bertz CT molecular complexity index is 579. The fourth-order valence-corrected chi connectivity index (χ4v) is 2.41. The number of nitrogens with zero attached hydrogens (tertiary/aromatic N) is 1. The Morgan fingerprint density at radius 3 is 2.38 bits per heavy atom. The molecule has 1 aromatic carbocycles. The van der Waals surface area contributed by atoms with Crippen molar-refractivity contribution in [1.82, 2.24) is 4.98 Å². The van der Waals surface area contributed by atoms with Crippen molar-refractivity contribution in [1.29, 1.82) is 0 Å². The second kappa shape index (κ2) is 6.27. The molecule has 3 nitrogen and oxygen atoms in total. The van der Waals surface area contributed by atoms with Crippen molar-refractivity contribution in [2.24, 2.45) is 5.73 Å². The quantitative estimate of drug-likeness (QED) is 0.907. The van der Waals surface area contributed by atoms with E-state index in [2.05, 4.69) is 31.0 Å². The van der Waals surface area contributed by atoms with E-state index in [1.807, 2.05) is 44.3 Å². The van der Waals surface area contributed by atoms with Gasteiger partial charge in [0, 0.05) is 17.7 Å². The zero-order valence-electron chi connectivity index (χ0n) is 13.2. The van der Waals surface area contributed by atoms with E-state index >= 15 is 0 Å². The molecule has 1 unspecified atom stereocenters. The Kier molecular flexibility index (Phi) is 4.63. The molecule has 0 bridgehead atoms. The third-order valence-corrected chi connectivity index (χ3v) is 3.76. The fraction of sp³-hybridized carbons (Fsp3) is 0.389. The molecule has 1 heterocycles. The number of hydrogen-bond acceptors (Lipinski definition) is 3. The summed E-state index contributed by atoms with van der Waals surface area (Å²) >= 11 is 0. The molecule has 1 aromatic heterocycles. The molecular weight excluding hydrogens is 260 g/mol.